The highest BCUT2D eigenvalue weighted by Crippen LogP contribution is 2.26. The van der Waals surface area contributed by atoms with Gasteiger partial charge in [-0.2, -0.15) is 5.26 Å². The normalized spacial score (nSPS) is 18.1. The van der Waals surface area contributed by atoms with E-state index in [1.54, 1.807) is 31.4 Å². The first-order valence-electron chi connectivity index (χ1n) is 11.4. The zero-order valence-electron chi connectivity index (χ0n) is 19.6. The number of nitriles is 1. The van der Waals surface area contributed by atoms with Crippen LogP contribution in [0, 0.1) is 23.2 Å². The third kappa shape index (κ3) is 5.85. The van der Waals surface area contributed by atoms with Gasteiger partial charge in [0.05, 0.1) is 19.2 Å². The highest BCUT2D eigenvalue weighted by Gasteiger charge is 2.33. The number of ether oxygens (including phenoxy) is 1. The van der Waals surface area contributed by atoms with Crippen LogP contribution in [-0.4, -0.2) is 59.7 Å². The Morgan fingerprint density at radius 2 is 2.09 bits per heavy atom. The molecule has 0 spiro atoms. The lowest BCUT2D eigenvalue weighted by Crippen LogP contribution is -2.53. The van der Waals surface area contributed by atoms with E-state index in [-0.39, 0.29) is 23.9 Å². The topological polar surface area (TPSA) is 156 Å². The van der Waals surface area contributed by atoms with E-state index < -0.39 is 35.9 Å². The smallest absolute Gasteiger partial charge is 0.268 e. The lowest BCUT2D eigenvalue weighted by Gasteiger charge is -2.26. The van der Waals surface area contributed by atoms with Crippen molar-refractivity contribution in [1.82, 2.24) is 20.9 Å². The first-order chi connectivity index (χ1) is 16.2. The summed E-state index contributed by atoms with van der Waals surface area (Å²) in [6.07, 6.45) is -0.426. The van der Waals surface area contributed by atoms with Crippen molar-refractivity contribution in [3.8, 4) is 11.8 Å². The Hall–Kier alpha value is -3.58. The summed E-state index contributed by atoms with van der Waals surface area (Å²) in [7, 11) is 1.55. The quantitative estimate of drug-likeness (QED) is 0.329. The molecule has 0 saturated carbocycles. The van der Waals surface area contributed by atoms with Gasteiger partial charge in [0.25, 0.3) is 5.91 Å². The van der Waals surface area contributed by atoms with Gasteiger partial charge in [-0.3, -0.25) is 14.4 Å². The largest absolute Gasteiger partial charge is 0.496 e. The molecule has 1 aliphatic heterocycles. The van der Waals surface area contributed by atoms with Crippen LogP contribution in [0.5, 0.6) is 5.75 Å². The number of methoxy groups -OCH3 is 1. The monoisotopic (exact) mass is 469 g/mol. The lowest BCUT2D eigenvalue weighted by atomic mass is 9.94. The van der Waals surface area contributed by atoms with Crippen LogP contribution < -0.4 is 20.7 Å². The number of nitrogens with one attached hydrogen (secondary N) is 4. The molecule has 10 nitrogen and oxygen atoms in total. The van der Waals surface area contributed by atoms with Gasteiger partial charge in [-0.05, 0) is 43.4 Å². The molecule has 2 heterocycles. The maximum Gasteiger partial charge on any atom is 0.268 e. The Balaban J connectivity index is 1.75. The van der Waals surface area contributed by atoms with Crippen molar-refractivity contribution in [1.29, 1.82) is 5.26 Å². The van der Waals surface area contributed by atoms with Crippen molar-refractivity contribution in [3.63, 3.8) is 0 Å². The van der Waals surface area contributed by atoms with Gasteiger partial charge in [0.15, 0.2) is 6.10 Å². The van der Waals surface area contributed by atoms with Crippen molar-refractivity contribution >= 4 is 28.6 Å². The summed E-state index contributed by atoms with van der Waals surface area (Å²) in [5.74, 6) is -0.842. The van der Waals surface area contributed by atoms with Crippen molar-refractivity contribution in [3.05, 3.63) is 30.0 Å². The van der Waals surface area contributed by atoms with Gasteiger partial charge in [0.1, 0.15) is 17.5 Å². The second-order valence-electron chi connectivity index (χ2n) is 8.96. The third-order valence-corrected chi connectivity index (χ3v) is 5.96. The average molecular weight is 470 g/mol. The summed E-state index contributed by atoms with van der Waals surface area (Å²) in [5.41, 5.74) is 0.999. The molecule has 10 heteroatoms. The zero-order valence-corrected chi connectivity index (χ0v) is 19.6. The number of rotatable bonds is 10. The van der Waals surface area contributed by atoms with E-state index >= 15 is 0 Å². The van der Waals surface area contributed by atoms with Crippen LogP contribution in [-0.2, 0) is 9.59 Å². The van der Waals surface area contributed by atoms with E-state index in [1.807, 2.05) is 19.9 Å². The lowest BCUT2D eigenvalue weighted by molar-refractivity contribution is -0.126. The Morgan fingerprint density at radius 3 is 2.71 bits per heavy atom. The number of aromatic amines is 1. The van der Waals surface area contributed by atoms with Crippen molar-refractivity contribution < 1.29 is 24.2 Å². The van der Waals surface area contributed by atoms with E-state index in [4.69, 9.17) is 4.74 Å². The molecule has 1 fully saturated rings. The molecule has 0 bridgehead atoms. The van der Waals surface area contributed by atoms with E-state index in [0.717, 1.165) is 10.9 Å². The maximum atomic E-state index is 13.1. The van der Waals surface area contributed by atoms with E-state index in [2.05, 4.69) is 20.9 Å². The SMILES string of the molecule is COc1cccc2[nH]c(C(=O)N[C@@H](CC(C)C)C(=O)NC(C[C@@H]3CCNC3=O)C(O)C#N)cc12. The standard InChI is InChI=1S/C24H31N5O5/c1-13(2)9-18(23(32)28-17(20(30)12-25)10-14-7-8-26-22(14)31)29-24(33)19-11-15-16(27-19)5-4-6-21(15)34-3/h4-6,11,13-14,17-18,20,27,30H,7-10H2,1-3H3,(H,26,31)(H,28,32)(H,29,33)/t14-,17?,18-,20?/m0/s1. The molecular weight excluding hydrogens is 438 g/mol. The Kier molecular flexibility index (Phi) is 8.12. The number of fused-ring (bicyclic) bond motifs is 1. The molecule has 0 aliphatic carbocycles. The van der Waals surface area contributed by atoms with Crippen LogP contribution >= 0.6 is 0 Å². The predicted octanol–water partition coefficient (Wildman–Crippen LogP) is 1.22. The number of aliphatic hydroxyl groups is 1. The third-order valence-electron chi connectivity index (χ3n) is 5.96. The van der Waals surface area contributed by atoms with Gasteiger partial charge >= 0.3 is 0 Å². The highest BCUT2D eigenvalue weighted by molar-refractivity contribution is 6.01. The van der Waals surface area contributed by atoms with Crippen molar-refractivity contribution in [2.45, 2.75) is 51.3 Å². The van der Waals surface area contributed by atoms with E-state index in [1.165, 1.54) is 0 Å². The Bertz CT molecular complexity index is 1090. The van der Waals surface area contributed by atoms with Gasteiger partial charge in [-0.15, -0.1) is 0 Å². The van der Waals surface area contributed by atoms with Crippen LogP contribution in [0.4, 0.5) is 0 Å². The minimum absolute atomic E-state index is 0.0822. The van der Waals surface area contributed by atoms with Crippen LogP contribution in [0.3, 0.4) is 0 Å². The summed E-state index contributed by atoms with van der Waals surface area (Å²) in [6.45, 7) is 4.36. The fraction of sp³-hybridized carbons (Fsp3) is 0.500. The van der Waals surface area contributed by atoms with Crippen LogP contribution in [0.25, 0.3) is 10.9 Å². The fourth-order valence-corrected chi connectivity index (χ4v) is 4.18. The molecule has 34 heavy (non-hydrogen) atoms. The number of amides is 3. The molecule has 1 saturated heterocycles. The first kappa shape index (κ1) is 25.1. The van der Waals surface area contributed by atoms with Crippen LogP contribution in [0.1, 0.15) is 43.6 Å². The van der Waals surface area contributed by atoms with Crippen LogP contribution in [0.15, 0.2) is 24.3 Å². The number of aromatic nitrogens is 1. The minimum Gasteiger partial charge on any atom is -0.496 e. The number of carbonyl (C=O) groups is 3. The number of hydrogen-bond acceptors (Lipinski definition) is 6. The summed E-state index contributed by atoms with van der Waals surface area (Å²) in [4.78, 5) is 41.1. The number of hydrogen-bond donors (Lipinski definition) is 5. The molecule has 1 aliphatic rings. The van der Waals surface area contributed by atoms with Gasteiger partial charge < -0.3 is 30.8 Å². The molecule has 3 rings (SSSR count). The zero-order chi connectivity index (χ0) is 24.8. The minimum atomic E-state index is -1.48. The molecule has 5 N–H and O–H groups in total. The maximum absolute atomic E-state index is 13.1. The second-order valence-corrected chi connectivity index (χ2v) is 8.96. The first-order valence-corrected chi connectivity index (χ1v) is 11.4. The van der Waals surface area contributed by atoms with Crippen molar-refractivity contribution in [2.24, 2.45) is 11.8 Å². The summed E-state index contributed by atoms with van der Waals surface area (Å²) < 4.78 is 5.34. The number of carbonyl (C=O) groups excluding carboxylic acids is 3. The summed E-state index contributed by atoms with van der Waals surface area (Å²) in [5, 5.41) is 28.3. The average Bonchev–Trinajstić information content (AvgIpc) is 3.43. The molecule has 1 aromatic heterocycles. The molecule has 2 unspecified atom stereocenters. The van der Waals surface area contributed by atoms with Gasteiger partial charge in [-0.25, -0.2) is 0 Å². The number of aliphatic hydroxyl groups excluding tert-OH is 1. The summed E-state index contributed by atoms with van der Waals surface area (Å²) >= 11 is 0. The molecule has 2 aromatic rings. The number of H-pyrrole nitrogens is 1. The van der Waals surface area contributed by atoms with Crippen LogP contribution in [0.2, 0.25) is 0 Å². The Morgan fingerprint density at radius 1 is 1.32 bits per heavy atom. The number of nitrogens with zero attached hydrogens (tertiary/aromatic N) is 1. The predicted molar refractivity (Wildman–Crippen MR) is 125 cm³/mol. The molecule has 3 amide bonds. The molecule has 1 aromatic carbocycles. The Labute approximate surface area is 198 Å². The van der Waals surface area contributed by atoms with Gasteiger partial charge in [0.2, 0.25) is 11.8 Å². The van der Waals surface area contributed by atoms with E-state index in [0.29, 0.717) is 25.1 Å². The molecule has 4 atom stereocenters. The second kappa shape index (κ2) is 11.0. The van der Waals surface area contributed by atoms with Gasteiger partial charge in [-0.1, -0.05) is 19.9 Å². The molecule has 0 radical (unpaired) electrons. The molecule has 182 valence electrons. The van der Waals surface area contributed by atoms with Gasteiger partial charge in [0, 0.05) is 23.4 Å². The number of benzene rings is 1. The van der Waals surface area contributed by atoms with Crippen molar-refractivity contribution in [2.75, 3.05) is 13.7 Å². The highest BCUT2D eigenvalue weighted by atomic mass is 16.5. The fourth-order valence-electron chi connectivity index (χ4n) is 4.18. The molecular formula is C24H31N5O5. The summed E-state index contributed by atoms with van der Waals surface area (Å²) in [6, 6.07) is 6.98. The van der Waals surface area contributed by atoms with E-state index in [9.17, 15) is 24.8 Å².